The molecule has 1 unspecified atom stereocenters. The molecule has 32 heavy (non-hydrogen) atoms. The monoisotopic (exact) mass is 561 g/mol. The van der Waals surface area contributed by atoms with E-state index in [1.165, 1.54) is 17.0 Å². The van der Waals surface area contributed by atoms with Gasteiger partial charge in [-0.2, -0.15) is 0 Å². The first-order valence-electron chi connectivity index (χ1n) is 10.3. The number of benzene rings is 2. The van der Waals surface area contributed by atoms with Gasteiger partial charge in [0.1, 0.15) is 11.4 Å². The molecule has 10 heteroatoms. The van der Waals surface area contributed by atoms with Crippen LogP contribution in [0.3, 0.4) is 0 Å². The van der Waals surface area contributed by atoms with Crippen molar-refractivity contribution in [1.82, 2.24) is 10.2 Å². The number of anilines is 2. The number of amides is 1. The van der Waals surface area contributed by atoms with E-state index in [1.807, 2.05) is 22.6 Å². The summed E-state index contributed by atoms with van der Waals surface area (Å²) in [5, 5.41) is 16.3. The second-order valence-corrected chi connectivity index (χ2v) is 9.43. The first-order chi connectivity index (χ1) is 15.3. The lowest BCUT2D eigenvalue weighted by Crippen LogP contribution is -2.67. The van der Waals surface area contributed by atoms with E-state index >= 15 is 0 Å². The van der Waals surface area contributed by atoms with Crippen LogP contribution in [0.2, 0.25) is 0 Å². The Balaban J connectivity index is 1.44. The summed E-state index contributed by atoms with van der Waals surface area (Å²) in [6, 6.07) is 6.23. The fourth-order valence-corrected chi connectivity index (χ4v) is 4.39. The van der Waals surface area contributed by atoms with Gasteiger partial charge in [-0.3, -0.25) is 4.79 Å². The Hall–Kier alpha value is -1.89. The normalized spacial score (nSPS) is 19.7. The highest BCUT2D eigenvalue weighted by atomic mass is 127. The zero-order valence-electron chi connectivity index (χ0n) is 17.1. The van der Waals surface area contributed by atoms with Gasteiger partial charge in [0, 0.05) is 23.3 Å². The fraction of sp³-hybridized carbons (Fsp3) is 0.409. The molecule has 1 amide bonds. The fourth-order valence-electron chi connectivity index (χ4n) is 3.94. The molecule has 6 nitrogen and oxygen atoms in total. The van der Waals surface area contributed by atoms with Crippen molar-refractivity contribution >= 4 is 39.9 Å². The SMILES string of the molecule is O=C(c1ccc(F)c(F)c1Nc1ccc(I)cc1F)N1CC(O)(CNCC2CCCO2)C1. The van der Waals surface area contributed by atoms with Crippen LogP contribution in [-0.2, 0) is 4.74 Å². The second kappa shape index (κ2) is 9.54. The van der Waals surface area contributed by atoms with Crippen LogP contribution in [0.4, 0.5) is 24.5 Å². The molecule has 2 aliphatic heterocycles. The summed E-state index contributed by atoms with van der Waals surface area (Å²) in [6.07, 6.45) is 2.13. The van der Waals surface area contributed by atoms with Crippen molar-refractivity contribution in [2.75, 3.05) is 38.1 Å². The van der Waals surface area contributed by atoms with E-state index in [1.54, 1.807) is 6.07 Å². The number of rotatable bonds is 7. The quantitative estimate of drug-likeness (QED) is 0.453. The van der Waals surface area contributed by atoms with Crippen LogP contribution in [0.1, 0.15) is 23.2 Å². The average molecular weight is 561 g/mol. The zero-order chi connectivity index (χ0) is 22.9. The van der Waals surface area contributed by atoms with E-state index in [0.29, 0.717) is 10.1 Å². The molecule has 0 aliphatic carbocycles. The number of halogens is 4. The third kappa shape index (κ3) is 5.03. The summed E-state index contributed by atoms with van der Waals surface area (Å²) >= 11 is 1.93. The van der Waals surface area contributed by atoms with Gasteiger partial charge in [-0.05, 0) is 65.8 Å². The molecular weight excluding hydrogens is 538 g/mol. The Morgan fingerprint density at radius 1 is 1.22 bits per heavy atom. The molecule has 2 aliphatic rings. The maximum absolute atomic E-state index is 14.6. The molecule has 2 aromatic carbocycles. The molecule has 0 aromatic heterocycles. The smallest absolute Gasteiger partial charge is 0.256 e. The first-order valence-corrected chi connectivity index (χ1v) is 11.4. The number of nitrogens with one attached hydrogen (secondary N) is 2. The maximum atomic E-state index is 14.6. The van der Waals surface area contributed by atoms with E-state index in [9.17, 15) is 23.1 Å². The predicted octanol–water partition coefficient (Wildman–Crippen LogP) is 3.41. The van der Waals surface area contributed by atoms with Crippen molar-refractivity contribution in [2.45, 2.75) is 24.5 Å². The number of β-amino-alcohol motifs (C(OH)–C–C–N with tert-alkyl or cyclic N) is 1. The van der Waals surface area contributed by atoms with Gasteiger partial charge in [0.2, 0.25) is 0 Å². The summed E-state index contributed by atoms with van der Waals surface area (Å²) in [4.78, 5) is 14.3. The number of aliphatic hydroxyl groups is 1. The van der Waals surface area contributed by atoms with Gasteiger partial charge >= 0.3 is 0 Å². The van der Waals surface area contributed by atoms with E-state index in [4.69, 9.17) is 4.74 Å². The Morgan fingerprint density at radius 2 is 2.00 bits per heavy atom. The summed E-state index contributed by atoms with van der Waals surface area (Å²) in [5.74, 6) is -3.67. The molecule has 2 saturated heterocycles. The number of likely N-dealkylation sites (tertiary alicyclic amines) is 1. The largest absolute Gasteiger partial charge is 0.385 e. The van der Waals surface area contributed by atoms with Crippen molar-refractivity contribution in [3.8, 4) is 0 Å². The predicted molar refractivity (Wildman–Crippen MR) is 121 cm³/mol. The van der Waals surface area contributed by atoms with Crippen LogP contribution in [0, 0.1) is 21.0 Å². The van der Waals surface area contributed by atoms with Crippen LogP contribution >= 0.6 is 22.6 Å². The molecule has 2 heterocycles. The van der Waals surface area contributed by atoms with Crippen LogP contribution < -0.4 is 10.6 Å². The molecule has 2 fully saturated rings. The van der Waals surface area contributed by atoms with Crippen molar-refractivity contribution in [3.05, 3.63) is 56.9 Å². The Labute approximate surface area is 197 Å². The number of ether oxygens (including phenoxy) is 1. The highest BCUT2D eigenvalue weighted by Crippen LogP contribution is 2.31. The third-order valence-corrected chi connectivity index (χ3v) is 6.29. The minimum atomic E-state index is -1.28. The van der Waals surface area contributed by atoms with E-state index in [-0.39, 0.29) is 37.0 Å². The lowest BCUT2D eigenvalue weighted by Gasteiger charge is -2.46. The number of carbonyl (C=O) groups excluding carboxylic acids is 1. The van der Waals surface area contributed by atoms with Gasteiger partial charge in [0.25, 0.3) is 5.91 Å². The molecule has 0 saturated carbocycles. The lowest BCUT2D eigenvalue weighted by molar-refractivity contribution is -0.0795. The molecule has 2 aromatic rings. The minimum absolute atomic E-state index is 0.0423. The summed E-state index contributed by atoms with van der Waals surface area (Å²) < 4.78 is 48.9. The van der Waals surface area contributed by atoms with Gasteiger partial charge in [0.05, 0.1) is 36.1 Å². The van der Waals surface area contributed by atoms with Crippen molar-refractivity contribution in [2.24, 2.45) is 0 Å². The second-order valence-electron chi connectivity index (χ2n) is 8.18. The first kappa shape index (κ1) is 23.3. The molecule has 4 rings (SSSR count). The molecule has 0 spiro atoms. The highest BCUT2D eigenvalue weighted by Gasteiger charge is 2.44. The summed E-state index contributed by atoms with van der Waals surface area (Å²) in [5.41, 5.74) is -1.77. The Morgan fingerprint density at radius 3 is 2.69 bits per heavy atom. The zero-order valence-corrected chi connectivity index (χ0v) is 19.3. The topological polar surface area (TPSA) is 73.8 Å². The number of carbonyl (C=O) groups is 1. The van der Waals surface area contributed by atoms with Crippen molar-refractivity contribution < 1.29 is 27.8 Å². The molecule has 0 bridgehead atoms. The van der Waals surface area contributed by atoms with Crippen molar-refractivity contribution in [3.63, 3.8) is 0 Å². The molecule has 1 atom stereocenters. The van der Waals surface area contributed by atoms with Crippen LogP contribution in [-0.4, -0.2) is 60.4 Å². The minimum Gasteiger partial charge on any atom is -0.385 e. The Bertz CT molecular complexity index is 1010. The number of hydrogen-bond donors (Lipinski definition) is 3. The highest BCUT2D eigenvalue weighted by molar-refractivity contribution is 14.1. The van der Waals surface area contributed by atoms with Crippen LogP contribution in [0.25, 0.3) is 0 Å². The number of hydrogen-bond acceptors (Lipinski definition) is 5. The molecule has 0 radical (unpaired) electrons. The summed E-state index contributed by atoms with van der Waals surface area (Å²) in [6.45, 7) is 1.74. The van der Waals surface area contributed by atoms with Gasteiger partial charge in [-0.25, -0.2) is 13.2 Å². The molecular formula is C22H23F3IN3O3. The Kier molecular flexibility index (Phi) is 6.94. The van der Waals surface area contributed by atoms with Crippen LogP contribution in [0.15, 0.2) is 30.3 Å². The third-order valence-electron chi connectivity index (χ3n) is 5.62. The molecule has 172 valence electrons. The van der Waals surface area contributed by atoms with Crippen molar-refractivity contribution in [1.29, 1.82) is 0 Å². The lowest BCUT2D eigenvalue weighted by atomic mass is 9.92. The standard InChI is InChI=1S/C22H23F3IN3O3/c23-16-5-4-15(20(19(16)25)28-18-6-3-13(26)8-17(18)24)21(30)29-11-22(31,12-29)10-27-9-14-2-1-7-32-14/h3-6,8,14,27-28,31H,1-2,7,9-12H2. The number of nitrogens with zero attached hydrogens (tertiary/aromatic N) is 1. The van der Waals surface area contributed by atoms with Gasteiger partial charge in [-0.15, -0.1) is 0 Å². The van der Waals surface area contributed by atoms with Gasteiger partial charge in [-0.1, -0.05) is 0 Å². The van der Waals surface area contributed by atoms with E-state index < -0.39 is 34.6 Å². The van der Waals surface area contributed by atoms with E-state index in [2.05, 4.69) is 10.6 Å². The van der Waals surface area contributed by atoms with E-state index in [0.717, 1.165) is 31.6 Å². The molecule has 3 N–H and O–H groups in total. The average Bonchev–Trinajstić information content (AvgIpc) is 3.24. The van der Waals surface area contributed by atoms with Gasteiger partial charge < -0.3 is 25.4 Å². The van der Waals surface area contributed by atoms with Crippen LogP contribution in [0.5, 0.6) is 0 Å². The summed E-state index contributed by atoms with van der Waals surface area (Å²) in [7, 11) is 0. The maximum Gasteiger partial charge on any atom is 0.256 e. The van der Waals surface area contributed by atoms with Gasteiger partial charge in [0.15, 0.2) is 11.6 Å².